The maximum atomic E-state index is 9.89. The Bertz CT molecular complexity index is 201. The van der Waals surface area contributed by atoms with Crippen LogP contribution in [0.5, 0.6) is 0 Å². The molecule has 0 spiro atoms. The minimum Gasteiger partial charge on any atom is -0.550 e. The van der Waals surface area contributed by atoms with Crippen LogP contribution in [0.3, 0.4) is 0 Å². The maximum absolute atomic E-state index is 9.89. The van der Waals surface area contributed by atoms with Gasteiger partial charge in [0.05, 0.1) is 23.6 Å². The molecule has 4 nitrogen and oxygen atoms in total. The molecule has 0 aliphatic rings. The SMILES string of the molecule is O=C([O-])Cc1cnsn1.[Li+]. The van der Waals surface area contributed by atoms with Gasteiger partial charge in [-0.2, -0.15) is 8.75 Å². The molecule has 1 aromatic heterocycles. The Morgan fingerprint density at radius 1 is 1.80 bits per heavy atom. The van der Waals surface area contributed by atoms with Crippen molar-refractivity contribution in [2.24, 2.45) is 0 Å². The average molecular weight is 150 g/mol. The molecule has 6 heteroatoms. The van der Waals surface area contributed by atoms with Crippen LogP contribution in [-0.2, 0) is 11.2 Å². The minimum atomic E-state index is -1.12. The smallest absolute Gasteiger partial charge is 0.550 e. The quantitative estimate of drug-likeness (QED) is 0.401. The number of hydrogen-bond donors (Lipinski definition) is 0. The number of hydrogen-bond acceptors (Lipinski definition) is 5. The van der Waals surface area contributed by atoms with E-state index in [2.05, 4.69) is 8.75 Å². The molecule has 1 aromatic rings. The number of carbonyl (C=O) groups is 1. The van der Waals surface area contributed by atoms with Crippen LogP contribution in [0.25, 0.3) is 0 Å². The van der Waals surface area contributed by atoms with Gasteiger partial charge in [-0.05, 0) is 0 Å². The average Bonchev–Trinajstić information content (AvgIpc) is 2.15. The van der Waals surface area contributed by atoms with Gasteiger partial charge in [-0.3, -0.25) is 0 Å². The van der Waals surface area contributed by atoms with Gasteiger partial charge in [-0.25, -0.2) is 0 Å². The Morgan fingerprint density at radius 2 is 2.50 bits per heavy atom. The van der Waals surface area contributed by atoms with Gasteiger partial charge in [-0.1, -0.05) is 0 Å². The molecule has 0 saturated heterocycles. The fraction of sp³-hybridized carbons (Fsp3) is 0.250. The predicted molar refractivity (Wildman–Crippen MR) is 28.6 cm³/mol. The number of aromatic nitrogens is 2. The number of carboxylic acid groups (broad SMARTS) is 1. The summed E-state index contributed by atoms with van der Waals surface area (Å²) < 4.78 is 7.28. The fourth-order valence-corrected chi connectivity index (χ4v) is 0.842. The summed E-state index contributed by atoms with van der Waals surface area (Å²) in [6, 6.07) is 0. The van der Waals surface area contributed by atoms with E-state index >= 15 is 0 Å². The molecule has 0 unspecified atom stereocenters. The number of carbonyl (C=O) groups excluding carboxylic acids is 1. The number of carboxylic acids is 1. The van der Waals surface area contributed by atoms with E-state index < -0.39 is 5.97 Å². The molecule has 0 radical (unpaired) electrons. The Morgan fingerprint density at radius 3 is 2.90 bits per heavy atom. The normalized spacial score (nSPS) is 8.40. The van der Waals surface area contributed by atoms with Crippen LogP contribution in [0.4, 0.5) is 0 Å². The second-order valence-corrected chi connectivity index (χ2v) is 2.00. The van der Waals surface area contributed by atoms with Crippen molar-refractivity contribution in [1.82, 2.24) is 8.75 Å². The zero-order chi connectivity index (χ0) is 6.69. The monoisotopic (exact) mass is 150 g/mol. The summed E-state index contributed by atoms with van der Waals surface area (Å²) in [7, 11) is 0. The van der Waals surface area contributed by atoms with Gasteiger partial charge in [-0.15, -0.1) is 0 Å². The molecule has 0 saturated carbocycles. The molecule has 0 aromatic carbocycles. The van der Waals surface area contributed by atoms with E-state index in [9.17, 15) is 9.90 Å². The first-order valence-corrected chi connectivity index (χ1v) is 2.98. The molecular formula is C4H3LiN2O2S. The molecule has 0 atom stereocenters. The van der Waals surface area contributed by atoms with E-state index in [4.69, 9.17) is 0 Å². The summed E-state index contributed by atoms with van der Waals surface area (Å²) in [5, 5.41) is 9.89. The molecule has 0 aliphatic carbocycles. The summed E-state index contributed by atoms with van der Waals surface area (Å²) in [5.74, 6) is -1.12. The van der Waals surface area contributed by atoms with Crippen LogP contribution in [0.2, 0.25) is 0 Å². The summed E-state index contributed by atoms with van der Waals surface area (Å²) in [6.07, 6.45) is 1.27. The molecule has 0 bridgehead atoms. The van der Waals surface area contributed by atoms with Gasteiger partial charge in [0, 0.05) is 12.4 Å². The zero-order valence-electron chi connectivity index (χ0n) is 5.40. The number of rotatable bonds is 2. The first kappa shape index (κ1) is 9.63. The van der Waals surface area contributed by atoms with Gasteiger partial charge in [0.1, 0.15) is 0 Å². The molecule has 10 heavy (non-hydrogen) atoms. The molecule has 0 amide bonds. The van der Waals surface area contributed by atoms with Gasteiger partial charge in [0.25, 0.3) is 0 Å². The topological polar surface area (TPSA) is 65.9 Å². The van der Waals surface area contributed by atoms with Crippen molar-refractivity contribution < 1.29 is 28.8 Å². The summed E-state index contributed by atoms with van der Waals surface area (Å²) in [5.41, 5.74) is 0.458. The second-order valence-electron chi connectivity index (χ2n) is 1.45. The third kappa shape index (κ3) is 2.97. The Hall–Kier alpha value is -0.373. The van der Waals surface area contributed by atoms with Crippen molar-refractivity contribution in [3.05, 3.63) is 11.9 Å². The van der Waals surface area contributed by atoms with Crippen molar-refractivity contribution >= 4 is 17.7 Å². The van der Waals surface area contributed by atoms with Crippen molar-refractivity contribution in [2.45, 2.75) is 6.42 Å². The van der Waals surface area contributed by atoms with Crippen LogP contribution < -0.4 is 24.0 Å². The van der Waals surface area contributed by atoms with E-state index in [0.717, 1.165) is 11.7 Å². The molecule has 48 valence electrons. The van der Waals surface area contributed by atoms with Crippen molar-refractivity contribution in [2.75, 3.05) is 0 Å². The standard InChI is InChI=1S/C4H4N2O2S.Li/c7-4(8)1-3-2-5-9-6-3;/h2H,1H2,(H,7,8);/q;+1/p-1. The van der Waals surface area contributed by atoms with Crippen LogP contribution >= 0.6 is 11.7 Å². The van der Waals surface area contributed by atoms with Gasteiger partial charge in [0.2, 0.25) is 0 Å². The predicted octanol–water partition coefficient (Wildman–Crippen LogP) is -4.17. The van der Waals surface area contributed by atoms with E-state index in [0.29, 0.717) is 5.69 Å². The van der Waals surface area contributed by atoms with Crippen molar-refractivity contribution in [3.8, 4) is 0 Å². The van der Waals surface area contributed by atoms with Gasteiger partial charge < -0.3 is 9.90 Å². The number of aliphatic carboxylic acids is 1. The molecule has 0 N–H and O–H groups in total. The Balaban J connectivity index is 0.000000810. The summed E-state index contributed by atoms with van der Waals surface area (Å²) in [4.78, 5) is 9.89. The fourth-order valence-electron chi connectivity index (χ4n) is 0.410. The molecule has 1 heterocycles. The van der Waals surface area contributed by atoms with Crippen molar-refractivity contribution in [1.29, 1.82) is 0 Å². The number of nitrogens with zero attached hydrogens (tertiary/aromatic N) is 2. The third-order valence-corrected chi connectivity index (χ3v) is 1.25. The van der Waals surface area contributed by atoms with Gasteiger partial charge in [0.15, 0.2) is 0 Å². The molecule has 0 fully saturated rings. The summed E-state index contributed by atoms with van der Waals surface area (Å²) in [6.45, 7) is 0. The van der Waals surface area contributed by atoms with Crippen LogP contribution in [0.1, 0.15) is 5.69 Å². The maximum Gasteiger partial charge on any atom is 1.00 e. The van der Waals surface area contributed by atoms with E-state index in [1.54, 1.807) is 0 Å². The molecule has 1 rings (SSSR count). The second kappa shape index (κ2) is 4.44. The van der Waals surface area contributed by atoms with E-state index in [1.807, 2.05) is 0 Å². The van der Waals surface area contributed by atoms with E-state index in [-0.39, 0.29) is 25.3 Å². The molecule has 0 aliphatic heterocycles. The third-order valence-electron chi connectivity index (χ3n) is 0.732. The first-order valence-electron chi connectivity index (χ1n) is 2.25. The largest absolute Gasteiger partial charge is 1.00 e. The first-order chi connectivity index (χ1) is 4.29. The Kier molecular flexibility index (Phi) is 4.28. The Labute approximate surface area is 73.8 Å². The minimum absolute atomic E-state index is 0. The zero-order valence-corrected chi connectivity index (χ0v) is 6.22. The van der Waals surface area contributed by atoms with Crippen molar-refractivity contribution in [3.63, 3.8) is 0 Å². The van der Waals surface area contributed by atoms with Crippen LogP contribution in [0.15, 0.2) is 6.20 Å². The van der Waals surface area contributed by atoms with Gasteiger partial charge >= 0.3 is 18.9 Å². The van der Waals surface area contributed by atoms with Crippen LogP contribution in [-0.4, -0.2) is 14.7 Å². The summed E-state index contributed by atoms with van der Waals surface area (Å²) >= 11 is 0.990. The van der Waals surface area contributed by atoms with E-state index in [1.165, 1.54) is 6.20 Å². The molecular weight excluding hydrogens is 147 g/mol. The van der Waals surface area contributed by atoms with Crippen LogP contribution in [0, 0.1) is 0 Å².